The molecule has 3 heteroatoms. The third-order valence-electron chi connectivity index (χ3n) is 17.7. The lowest BCUT2D eigenvalue weighted by atomic mass is 9.70. The van der Waals surface area contributed by atoms with Crippen LogP contribution in [0, 0.1) is 0 Å². The molecule has 3 nitrogen and oxygen atoms in total. The Bertz CT molecular complexity index is 4970. The Hall–Kier alpha value is -10.7. The van der Waals surface area contributed by atoms with Gasteiger partial charge in [-0.25, -0.2) is 0 Å². The van der Waals surface area contributed by atoms with E-state index in [0.717, 1.165) is 34.0 Å². The predicted molar refractivity (Wildman–Crippen MR) is 342 cm³/mol. The van der Waals surface area contributed by atoms with Crippen LogP contribution in [0.2, 0.25) is 0 Å². The Kier molecular flexibility index (Phi) is 10.2. The number of hydrogen-bond donors (Lipinski definition) is 0. The summed E-state index contributed by atoms with van der Waals surface area (Å²) in [6.07, 6.45) is 0. The summed E-state index contributed by atoms with van der Waals surface area (Å²) in [5.41, 5.74) is 27.4. The normalized spacial score (nSPS) is 12.7. The van der Waals surface area contributed by atoms with E-state index in [0.29, 0.717) is 0 Å². The second-order valence-electron chi connectivity index (χ2n) is 21.9. The molecule has 0 atom stereocenters. The molecular weight excluding hydrogens is 991 g/mol. The molecule has 2 aromatic heterocycles. The predicted octanol–water partition coefficient (Wildman–Crippen LogP) is 20.7. The summed E-state index contributed by atoms with van der Waals surface area (Å²) in [5.74, 6) is 0. The third-order valence-corrected chi connectivity index (χ3v) is 17.7. The van der Waals surface area contributed by atoms with Crippen LogP contribution < -0.4 is 4.90 Å². The van der Waals surface area contributed by atoms with Crippen LogP contribution in [0.25, 0.3) is 111 Å². The van der Waals surface area contributed by atoms with Gasteiger partial charge in [-0.15, -0.1) is 0 Å². The monoisotopic (exact) mass is 1040 g/mol. The van der Waals surface area contributed by atoms with Crippen LogP contribution in [0.4, 0.5) is 17.1 Å². The third kappa shape index (κ3) is 6.65. The highest BCUT2D eigenvalue weighted by Gasteiger charge is 2.52. The van der Waals surface area contributed by atoms with Crippen LogP contribution >= 0.6 is 0 Å². The summed E-state index contributed by atoms with van der Waals surface area (Å²) in [7, 11) is 0. The molecule has 0 unspecified atom stereocenters. The van der Waals surface area contributed by atoms with Crippen molar-refractivity contribution in [1.82, 2.24) is 9.13 Å². The van der Waals surface area contributed by atoms with E-state index in [2.05, 4.69) is 323 Å². The minimum absolute atomic E-state index is 0.482. The van der Waals surface area contributed by atoms with Crippen molar-refractivity contribution in [2.24, 2.45) is 0 Å². The highest BCUT2D eigenvalue weighted by atomic mass is 15.1. The molecule has 0 saturated carbocycles. The molecule has 1 spiro atoms. The molecule has 17 rings (SSSR count). The largest absolute Gasteiger partial charge is 0.310 e. The second-order valence-corrected chi connectivity index (χ2v) is 21.9. The van der Waals surface area contributed by atoms with Gasteiger partial charge in [-0.3, -0.25) is 0 Å². The Balaban J connectivity index is 0.865. The lowest BCUT2D eigenvalue weighted by Crippen LogP contribution is -2.26. The van der Waals surface area contributed by atoms with E-state index in [-0.39, 0.29) is 0 Å². The van der Waals surface area contributed by atoms with Crippen LogP contribution in [0.3, 0.4) is 0 Å². The molecular formula is C79H51N3. The van der Waals surface area contributed by atoms with Crippen LogP contribution in [0.5, 0.6) is 0 Å². The lowest BCUT2D eigenvalue weighted by molar-refractivity contribution is 0.794. The van der Waals surface area contributed by atoms with Crippen molar-refractivity contribution in [3.05, 3.63) is 332 Å². The van der Waals surface area contributed by atoms with Gasteiger partial charge in [0.2, 0.25) is 0 Å². The fraction of sp³-hybridized carbons (Fsp3) is 0.0127. The summed E-state index contributed by atoms with van der Waals surface area (Å²) >= 11 is 0. The Labute approximate surface area is 476 Å². The Morgan fingerprint density at radius 3 is 1.41 bits per heavy atom. The number of fused-ring (bicyclic) bond motifs is 16. The summed E-state index contributed by atoms with van der Waals surface area (Å²) in [6.45, 7) is 0. The van der Waals surface area contributed by atoms with Crippen LogP contribution in [-0.2, 0) is 5.41 Å². The summed E-state index contributed by atoms with van der Waals surface area (Å²) in [4.78, 5) is 2.50. The number of aromatic nitrogens is 2. The first-order chi connectivity index (χ1) is 40.7. The molecule has 0 radical (unpaired) electrons. The van der Waals surface area contributed by atoms with Gasteiger partial charge in [0.1, 0.15) is 0 Å². The average Bonchev–Trinajstić information content (AvgIpc) is 1.74. The van der Waals surface area contributed by atoms with E-state index in [1.54, 1.807) is 0 Å². The van der Waals surface area contributed by atoms with Crippen molar-refractivity contribution < 1.29 is 0 Å². The van der Waals surface area contributed by atoms with Gasteiger partial charge >= 0.3 is 0 Å². The number of hydrogen-bond acceptors (Lipinski definition) is 1. The minimum atomic E-state index is -0.482. The van der Waals surface area contributed by atoms with E-state index in [1.165, 1.54) is 116 Å². The van der Waals surface area contributed by atoms with Crippen LogP contribution in [0.1, 0.15) is 22.3 Å². The first-order valence-corrected chi connectivity index (χ1v) is 28.4. The van der Waals surface area contributed by atoms with Gasteiger partial charge in [0.05, 0.1) is 33.2 Å². The molecule has 15 aromatic rings. The van der Waals surface area contributed by atoms with Crippen LogP contribution in [0.15, 0.2) is 309 Å². The fourth-order valence-electron chi connectivity index (χ4n) is 14.4. The molecule has 0 saturated heterocycles. The van der Waals surface area contributed by atoms with Gasteiger partial charge < -0.3 is 14.0 Å². The van der Waals surface area contributed by atoms with E-state index >= 15 is 0 Å². The SMILES string of the molecule is c1ccc(-c2ccc3c(c2)c2cccc(-c4ccc(N(c5ccc(-c6cccc7c6c6ccccc6n7-c6ccccc6)cc5)c5cccc6c5-c5ccccc5C65c6ccccc6-c6ccccc65)cc4)c2n3-c2ccccc2)cc1. The van der Waals surface area contributed by atoms with Crippen molar-refractivity contribution in [3.63, 3.8) is 0 Å². The van der Waals surface area contributed by atoms with Crippen molar-refractivity contribution in [1.29, 1.82) is 0 Å². The van der Waals surface area contributed by atoms with Crippen molar-refractivity contribution in [3.8, 4) is 67.0 Å². The Morgan fingerprint density at radius 2 is 0.732 bits per heavy atom. The number of nitrogens with zero attached hydrogens (tertiary/aromatic N) is 3. The maximum Gasteiger partial charge on any atom is 0.0726 e. The molecule has 2 aliphatic carbocycles. The van der Waals surface area contributed by atoms with Crippen molar-refractivity contribution in [2.45, 2.75) is 5.41 Å². The maximum atomic E-state index is 2.50. The van der Waals surface area contributed by atoms with E-state index < -0.39 is 5.41 Å². The molecule has 13 aromatic carbocycles. The highest BCUT2D eigenvalue weighted by molar-refractivity contribution is 6.17. The van der Waals surface area contributed by atoms with Gasteiger partial charge in [0, 0.05) is 55.4 Å². The standard InChI is InChI=1S/C79H51N3/c1-4-21-52(22-5-1)55-45-50-73-67(51-55)64-33-18-32-61(78(64)82(73)57-25-8-3-9-26-57)54-43-48-59(49-44-54)80(58-46-41-53(42-47-58)60-31-19-39-74-76(60)66-30-13-17-38-72(66)81(74)56-23-6-2-7-24-56)75-40-20-37-71-77(75)65-29-12-16-36-70(65)79(71)68-34-14-10-27-62(68)63-28-11-15-35-69(63)79/h1-51H. The molecule has 0 fully saturated rings. The molecule has 0 amide bonds. The van der Waals surface area contributed by atoms with Crippen molar-refractivity contribution >= 4 is 60.7 Å². The zero-order chi connectivity index (χ0) is 53.9. The van der Waals surface area contributed by atoms with Gasteiger partial charge in [0.25, 0.3) is 0 Å². The summed E-state index contributed by atoms with van der Waals surface area (Å²) in [6, 6.07) is 115. The highest BCUT2D eigenvalue weighted by Crippen LogP contribution is 2.64. The van der Waals surface area contributed by atoms with Gasteiger partial charge in [-0.05, 0) is 146 Å². The van der Waals surface area contributed by atoms with E-state index in [4.69, 9.17) is 0 Å². The number of para-hydroxylation sites is 4. The smallest absolute Gasteiger partial charge is 0.0726 e. The fourth-order valence-corrected chi connectivity index (χ4v) is 14.4. The first-order valence-electron chi connectivity index (χ1n) is 28.4. The maximum absolute atomic E-state index is 2.50. The average molecular weight is 1040 g/mol. The molecule has 0 N–H and O–H groups in total. The van der Waals surface area contributed by atoms with Crippen molar-refractivity contribution in [2.75, 3.05) is 4.90 Å². The number of benzene rings is 13. The van der Waals surface area contributed by atoms with Gasteiger partial charge in [-0.2, -0.15) is 0 Å². The van der Waals surface area contributed by atoms with E-state index in [1.807, 2.05) is 0 Å². The first kappa shape index (κ1) is 46.2. The zero-order valence-electron chi connectivity index (χ0n) is 44.8. The van der Waals surface area contributed by atoms with Gasteiger partial charge in [-0.1, -0.05) is 231 Å². The molecule has 82 heavy (non-hydrogen) atoms. The lowest BCUT2D eigenvalue weighted by Gasteiger charge is -2.32. The van der Waals surface area contributed by atoms with Gasteiger partial charge in [0.15, 0.2) is 0 Å². The molecule has 2 heterocycles. The Morgan fingerprint density at radius 1 is 0.268 bits per heavy atom. The van der Waals surface area contributed by atoms with E-state index in [9.17, 15) is 0 Å². The molecule has 0 bridgehead atoms. The second kappa shape index (κ2) is 18.2. The summed E-state index contributed by atoms with van der Waals surface area (Å²) in [5, 5.41) is 4.94. The zero-order valence-corrected chi connectivity index (χ0v) is 44.8. The number of anilines is 3. The summed E-state index contributed by atoms with van der Waals surface area (Å²) < 4.78 is 4.86. The minimum Gasteiger partial charge on any atom is -0.310 e. The molecule has 0 aliphatic heterocycles. The van der Waals surface area contributed by atoms with Crippen LogP contribution in [-0.4, -0.2) is 9.13 Å². The topological polar surface area (TPSA) is 13.1 Å². The number of rotatable bonds is 8. The molecule has 382 valence electrons. The quantitative estimate of drug-likeness (QED) is 0.148. The molecule has 2 aliphatic rings.